The summed E-state index contributed by atoms with van der Waals surface area (Å²) < 4.78 is 3.65. The summed E-state index contributed by atoms with van der Waals surface area (Å²) in [6.07, 6.45) is 0.172. The number of anilines is 1. The molecule has 6 heteroatoms. The van der Waals surface area contributed by atoms with Gasteiger partial charge in [-0.15, -0.1) is 0 Å². The minimum absolute atomic E-state index is 0.0551. The highest BCUT2D eigenvalue weighted by Gasteiger charge is 2.17. The van der Waals surface area contributed by atoms with Gasteiger partial charge in [-0.2, -0.15) is 5.10 Å². The van der Waals surface area contributed by atoms with Gasteiger partial charge >= 0.3 is 0 Å². The quantitative estimate of drug-likeness (QED) is 0.663. The maximum atomic E-state index is 12.7. The Morgan fingerprint density at radius 1 is 1.07 bits per heavy atom. The van der Waals surface area contributed by atoms with E-state index in [0.717, 1.165) is 17.0 Å². The molecule has 0 bridgehead atoms. The van der Waals surface area contributed by atoms with Crippen LogP contribution in [0, 0.1) is 13.8 Å². The molecule has 0 unspecified atom stereocenters. The smallest absolute Gasteiger partial charge is 0.231 e. The Morgan fingerprint density at radius 2 is 1.75 bits per heavy atom. The summed E-state index contributed by atoms with van der Waals surface area (Å²) in [4.78, 5) is 25.2. The predicted molar refractivity (Wildman–Crippen MR) is 110 cm³/mol. The van der Waals surface area contributed by atoms with Crippen LogP contribution in [-0.2, 0) is 18.3 Å². The molecule has 0 aliphatic heterocycles. The van der Waals surface area contributed by atoms with E-state index >= 15 is 0 Å². The number of ketones is 1. The molecule has 1 aromatic carbocycles. The van der Waals surface area contributed by atoms with Gasteiger partial charge < -0.3 is 9.88 Å². The molecule has 2 aromatic heterocycles. The molecule has 0 fully saturated rings. The van der Waals surface area contributed by atoms with Crippen LogP contribution >= 0.6 is 0 Å². The van der Waals surface area contributed by atoms with Gasteiger partial charge in [-0.25, -0.2) is 0 Å². The third-order valence-electron chi connectivity index (χ3n) is 4.79. The topological polar surface area (TPSA) is 68.9 Å². The zero-order valence-electron chi connectivity index (χ0n) is 17.0. The maximum absolute atomic E-state index is 12.7. The van der Waals surface area contributed by atoms with Crippen LogP contribution in [-0.4, -0.2) is 26.0 Å². The van der Waals surface area contributed by atoms with Crippen molar-refractivity contribution in [2.45, 2.75) is 40.2 Å². The lowest BCUT2D eigenvalue weighted by Gasteiger charge is -2.08. The molecule has 0 saturated heterocycles. The molecule has 2 heterocycles. The Kier molecular flexibility index (Phi) is 5.49. The number of carbonyl (C=O) groups excluding carboxylic acids is 2. The van der Waals surface area contributed by atoms with Gasteiger partial charge in [0.1, 0.15) is 0 Å². The molecule has 0 spiro atoms. The summed E-state index contributed by atoms with van der Waals surface area (Å²) >= 11 is 0. The summed E-state index contributed by atoms with van der Waals surface area (Å²) in [7, 11) is 1.81. The van der Waals surface area contributed by atoms with Crippen molar-refractivity contribution in [1.82, 2.24) is 14.3 Å². The zero-order chi connectivity index (χ0) is 20.4. The van der Waals surface area contributed by atoms with Gasteiger partial charge in [0, 0.05) is 36.1 Å². The second-order valence-corrected chi connectivity index (χ2v) is 7.40. The minimum Gasteiger partial charge on any atom is -0.344 e. The van der Waals surface area contributed by atoms with E-state index in [0.29, 0.717) is 17.1 Å². The Balaban J connectivity index is 1.71. The van der Waals surface area contributed by atoms with Gasteiger partial charge in [-0.05, 0) is 39.8 Å². The van der Waals surface area contributed by atoms with Gasteiger partial charge in [-0.3, -0.25) is 14.3 Å². The van der Waals surface area contributed by atoms with Gasteiger partial charge in [0.05, 0.1) is 12.1 Å². The standard InChI is InChI=1S/C22H26N4O2/c1-14(2)26-16(4)12-20(24-26)23-21(27)13-18-10-11-19(25(18)5)22(28)17-8-6-15(3)7-9-17/h6-12,14H,13H2,1-5H3,(H,23,24,27). The highest BCUT2D eigenvalue weighted by atomic mass is 16.1. The average Bonchev–Trinajstić information content (AvgIpc) is 3.18. The fourth-order valence-electron chi connectivity index (χ4n) is 3.23. The van der Waals surface area contributed by atoms with Crippen LogP contribution in [0.1, 0.15) is 52.9 Å². The second kappa shape index (κ2) is 7.84. The highest BCUT2D eigenvalue weighted by Crippen LogP contribution is 2.16. The van der Waals surface area contributed by atoms with E-state index in [4.69, 9.17) is 0 Å². The molecule has 0 radical (unpaired) electrons. The molecule has 0 saturated carbocycles. The Bertz CT molecular complexity index is 1010. The summed E-state index contributed by atoms with van der Waals surface area (Å²) in [5.74, 6) is 0.325. The van der Waals surface area contributed by atoms with Crippen molar-refractivity contribution in [3.05, 3.63) is 70.7 Å². The van der Waals surface area contributed by atoms with Gasteiger partial charge in [0.15, 0.2) is 5.82 Å². The number of rotatable bonds is 6. The van der Waals surface area contributed by atoms with E-state index in [2.05, 4.69) is 10.4 Å². The van der Waals surface area contributed by atoms with Crippen molar-refractivity contribution in [2.24, 2.45) is 7.05 Å². The Labute approximate surface area is 165 Å². The van der Waals surface area contributed by atoms with Crippen molar-refractivity contribution in [1.29, 1.82) is 0 Å². The average molecular weight is 378 g/mol. The number of nitrogens with zero attached hydrogens (tertiary/aromatic N) is 3. The monoisotopic (exact) mass is 378 g/mol. The lowest BCUT2D eigenvalue weighted by molar-refractivity contribution is -0.115. The highest BCUT2D eigenvalue weighted by molar-refractivity contribution is 6.08. The van der Waals surface area contributed by atoms with Gasteiger partial charge in [-0.1, -0.05) is 29.8 Å². The van der Waals surface area contributed by atoms with Crippen LogP contribution < -0.4 is 5.32 Å². The van der Waals surface area contributed by atoms with Crippen LogP contribution in [0.25, 0.3) is 0 Å². The Hall–Kier alpha value is -3.15. The third kappa shape index (κ3) is 4.06. The molecule has 28 heavy (non-hydrogen) atoms. The molecule has 6 nitrogen and oxygen atoms in total. The van der Waals surface area contributed by atoms with E-state index < -0.39 is 0 Å². The normalized spacial score (nSPS) is 11.1. The van der Waals surface area contributed by atoms with Crippen molar-refractivity contribution >= 4 is 17.5 Å². The number of carbonyl (C=O) groups is 2. The number of benzene rings is 1. The lowest BCUT2D eigenvalue weighted by Crippen LogP contribution is -2.18. The molecule has 0 aliphatic carbocycles. The number of amides is 1. The molecule has 3 aromatic rings. The largest absolute Gasteiger partial charge is 0.344 e. The first-order valence-corrected chi connectivity index (χ1v) is 9.38. The number of hydrogen-bond donors (Lipinski definition) is 1. The maximum Gasteiger partial charge on any atom is 0.231 e. The van der Waals surface area contributed by atoms with Crippen LogP contribution in [0.5, 0.6) is 0 Å². The molecule has 0 atom stereocenters. The van der Waals surface area contributed by atoms with E-state index in [9.17, 15) is 9.59 Å². The number of aryl methyl sites for hydroxylation is 2. The number of aromatic nitrogens is 3. The summed E-state index contributed by atoms with van der Waals surface area (Å²) in [5, 5.41) is 7.26. The van der Waals surface area contributed by atoms with Crippen molar-refractivity contribution in [2.75, 3.05) is 5.32 Å². The number of nitrogens with one attached hydrogen (secondary N) is 1. The summed E-state index contributed by atoms with van der Waals surface area (Å²) in [6, 6.07) is 13.2. The Morgan fingerprint density at radius 3 is 2.36 bits per heavy atom. The van der Waals surface area contributed by atoms with Gasteiger partial charge in [0.25, 0.3) is 0 Å². The van der Waals surface area contributed by atoms with E-state index in [1.54, 1.807) is 10.6 Å². The third-order valence-corrected chi connectivity index (χ3v) is 4.79. The van der Waals surface area contributed by atoms with E-state index in [-0.39, 0.29) is 24.2 Å². The molecule has 146 valence electrons. The van der Waals surface area contributed by atoms with Crippen LogP contribution in [0.4, 0.5) is 5.82 Å². The first-order valence-electron chi connectivity index (χ1n) is 9.38. The fraction of sp³-hybridized carbons (Fsp3) is 0.318. The number of hydrogen-bond acceptors (Lipinski definition) is 3. The molecular weight excluding hydrogens is 352 g/mol. The van der Waals surface area contributed by atoms with Crippen LogP contribution in [0.3, 0.4) is 0 Å². The van der Waals surface area contributed by atoms with Crippen molar-refractivity contribution in [3.8, 4) is 0 Å². The molecule has 3 rings (SSSR count). The van der Waals surface area contributed by atoms with Crippen molar-refractivity contribution in [3.63, 3.8) is 0 Å². The first-order chi connectivity index (χ1) is 13.3. The summed E-state index contributed by atoms with van der Waals surface area (Å²) in [6.45, 7) is 8.03. The van der Waals surface area contributed by atoms with Crippen LogP contribution in [0.2, 0.25) is 0 Å². The van der Waals surface area contributed by atoms with Gasteiger partial charge in [0.2, 0.25) is 11.7 Å². The SMILES string of the molecule is Cc1ccc(C(=O)c2ccc(CC(=O)Nc3cc(C)n(C(C)C)n3)n2C)cc1. The minimum atomic E-state index is -0.163. The fourth-order valence-corrected chi connectivity index (χ4v) is 3.23. The van der Waals surface area contributed by atoms with Crippen LogP contribution in [0.15, 0.2) is 42.5 Å². The van der Waals surface area contributed by atoms with Crippen molar-refractivity contribution < 1.29 is 9.59 Å². The summed E-state index contributed by atoms with van der Waals surface area (Å²) in [5.41, 5.74) is 4.07. The lowest BCUT2D eigenvalue weighted by atomic mass is 10.1. The molecule has 0 aliphatic rings. The van der Waals surface area contributed by atoms with E-state index in [1.807, 2.05) is 75.8 Å². The van der Waals surface area contributed by atoms with E-state index in [1.165, 1.54) is 0 Å². The second-order valence-electron chi connectivity index (χ2n) is 7.40. The zero-order valence-corrected chi connectivity index (χ0v) is 17.0. The predicted octanol–water partition coefficient (Wildman–Crippen LogP) is 3.83. The molecule has 1 amide bonds. The molecule has 1 N–H and O–H groups in total. The molecular formula is C22H26N4O2. The first kappa shape index (κ1) is 19.6.